The molecule has 2 rings (SSSR count). The van der Waals surface area contributed by atoms with Gasteiger partial charge >= 0.3 is 0 Å². The lowest BCUT2D eigenvalue weighted by atomic mass is 10.1. The normalized spacial score (nSPS) is 10.4. The van der Waals surface area contributed by atoms with Gasteiger partial charge in [0.2, 0.25) is 0 Å². The van der Waals surface area contributed by atoms with Gasteiger partial charge in [0.05, 0.1) is 6.54 Å². The Labute approximate surface area is 126 Å². The Balaban J connectivity index is 1.86. The fourth-order valence-corrected chi connectivity index (χ4v) is 2.17. The molecule has 0 radical (unpaired) electrons. The first-order valence-electron chi connectivity index (χ1n) is 7.45. The molecule has 0 aliphatic rings. The largest absolute Gasteiger partial charge is 0.491 e. The van der Waals surface area contributed by atoms with Gasteiger partial charge in [-0.25, -0.2) is 9.97 Å². The molecule has 0 saturated carbocycles. The van der Waals surface area contributed by atoms with Crippen molar-refractivity contribution in [1.82, 2.24) is 9.97 Å². The van der Waals surface area contributed by atoms with Crippen LogP contribution in [0.25, 0.3) is 0 Å². The summed E-state index contributed by atoms with van der Waals surface area (Å²) >= 11 is 0. The van der Waals surface area contributed by atoms with E-state index in [4.69, 9.17) is 4.74 Å². The van der Waals surface area contributed by atoms with Crippen LogP contribution < -0.4 is 10.1 Å². The van der Waals surface area contributed by atoms with Gasteiger partial charge in [-0.15, -0.1) is 0 Å². The molecule has 1 aromatic carbocycles. The van der Waals surface area contributed by atoms with Crippen LogP contribution in [0, 0.1) is 13.8 Å². The van der Waals surface area contributed by atoms with Crippen LogP contribution in [-0.4, -0.2) is 23.1 Å². The molecule has 0 saturated heterocycles. The fourth-order valence-electron chi connectivity index (χ4n) is 2.17. The number of hydrogen-bond donors (Lipinski definition) is 1. The molecule has 1 heterocycles. The highest BCUT2D eigenvalue weighted by Gasteiger charge is 2.04. The van der Waals surface area contributed by atoms with Gasteiger partial charge in [0.1, 0.15) is 24.5 Å². The quantitative estimate of drug-likeness (QED) is 0.790. The van der Waals surface area contributed by atoms with Gasteiger partial charge in [-0.3, -0.25) is 0 Å². The number of hydrogen-bond acceptors (Lipinski definition) is 4. The van der Waals surface area contributed by atoms with E-state index in [1.165, 1.54) is 5.56 Å². The Morgan fingerprint density at radius 2 is 1.95 bits per heavy atom. The molecule has 0 aliphatic heterocycles. The number of rotatable bonds is 7. The molecular weight excluding hydrogens is 262 g/mol. The standard InChI is InChI=1S/C17H23N3O/c1-4-7-15-8-5-6-9-16(15)21-11-10-18-17-13(2)14(3)19-12-20-17/h5-6,8-9,12H,4,7,10-11H2,1-3H3,(H,18,19,20). The fraction of sp³-hybridized carbons (Fsp3) is 0.412. The van der Waals surface area contributed by atoms with Gasteiger partial charge in [0.25, 0.3) is 0 Å². The van der Waals surface area contributed by atoms with E-state index in [1.54, 1.807) is 6.33 Å². The molecule has 21 heavy (non-hydrogen) atoms. The summed E-state index contributed by atoms with van der Waals surface area (Å²) in [4.78, 5) is 8.42. The maximum absolute atomic E-state index is 5.88. The third-order valence-electron chi connectivity index (χ3n) is 3.48. The summed E-state index contributed by atoms with van der Waals surface area (Å²) in [6.45, 7) is 7.52. The number of nitrogens with zero attached hydrogens (tertiary/aromatic N) is 2. The van der Waals surface area contributed by atoms with E-state index in [2.05, 4.69) is 34.3 Å². The first-order valence-corrected chi connectivity index (χ1v) is 7.45. The maximum atomic E-state index is 5.88. The van der Waals surface area contributed by atoms with Crippen LogP contribution in [0.4, 0.5) is 5.82 Å². The van der Waals surface area contributed by atoms with Gasteiger partial charge in [0.15, 0.2) is 0 Å². The smallest absolute Gasteiger partial charge is 0.132 e. The molecule has 0 unspecified atom stereocenters. The van der Waals surface area contributed by atoms with Crippen molar-refractivity contribution in [3.63, 3.8) is 0 Å². The van der Waals surface area contributed by atoms with E-state index in [1.807, 2.05) is 26.0 Å². The summed E-state index contributed by atoms with van der Waals surface area (Å²) in [5.41, 5.74) is 3.36. The number of aromatic nitrogens is 2. The predicted molar refractivity (Wildman–Crippen MR) is 85.9 cm³/mol. The highest BCUT2D eigenvalue weighted by Crippen LogP contribution is 2.19. The maximum Gasteiger partial charge on any atom is 0.132 e. The van der Waals surface area contributed by atoms with Crippen molar-refractivity contribution in [2.75, 3.05) is 18.5 Å². The van der Waals surface area contributed by atoms with E-state index in [0.29, 0.717) is 6.61 Å². The minimum Gasteiger partial charge on any atom is -0.491 e. The predicted octanol–water partition coefficient (Wildman–Crippen LogP) is 3.54. The first-order chi connectivity index (χ1) is 10.2. The highest BCUT2D eigenvalue weighted by atomic mass is 16.5. The molecule has 0 amide bonds. The molecule has 112 valence electrons. The second kappa shape index (κ2) is 7.62. The average molecular weight is 285 g/mol. The zero-order chi connectivity index (χ0) is 15.1. The summed E-state index contributed by atoms with van der Waals surface area (Å²) in [6.07, 6.45) is 3.76. The molecule has 1 N–H and O–H groups in total. The highest BCUT2D eigenvalue weighted by molar-refractivity contribution is 5.44. The van der Waals surface area contributed by atoms with Gasteiger partial charge in [-0.05, 0) is 31.9 Å². The average Bonchev–Trinajstić information content (AvgIpc) is 2.49. The minimum atomic E-state index is 0.614. The number of nitrogens with one attached hydrogen (secondary N) is 1. The summed E-state index contributed by atoms with van der Waals surface area (Å²) in [5.74, 6) is 1.87. The van der Waals surface area contributed by atoms with Gasteiger partial charge in [0, 0.05) is 11.3 Å². The van der Waals surface area contributed by atoms with Gasteiger partial charge in [-0.1, -0.05) is 31.5 Å². The lowest BCUT2D eigenvalue weighted by molar-refractivity contribution is 0.329. The Morgan fingerprint density at radius 1 is 1.14 bits per heavy atom. The molecular formula is C17H23N3O. The van der Waals surface area contributed by atoms with Crippen LogP contribution >= 0.6 is 0 Å². The Hall–Kier alpha value is -2.10. The second-order valence-corrected chi connectivity index (χ2v) is 5.07. The molecule has 0 aliphatic carbocycles. The van der Waals surface area contributed by atoms with Crippen LogP contribution in [0.1, 0.15) is 30.2 Å². The number of para-hydroxylation sites is 1. The topological polar surface area (TPSA) is 47.0 Å². The van der Waals surface area contributed by atoms with Crippen LogP contribution in [0.5, 0.6) is 5.75 Å². The Bertz CT molecular complexity index is 584. The molecule has 4 heteroatoms. The number of aryl methyl sites for hydroxylation is 2. The molecule has 4 nitrogen and oxygen atoms in total. The van der Waals surface area contributed by atoms with E-state index in [9.17, 15) is 0 Å². The zero-order valence-corrected chi connectivity index (χ0v) is 13.0. The monoisotopic (exact) mass is 285 g/mol. The summed E-state index contributed by atoms with van der Waals surface area (Å²) in [5, 5.41) is 3.30. The van der Waals surface area contributed by atoms with Gasteiger partial charge < -0.3 is 10.1 Å². The summed E-state index contributed by atoms with van der Waals surface area (Å²) in [6, 6.07) is 8.23. The van der Waals surface area contributed by atoms with Crippen LogP contribution in [0.15, 0.2) is 30.6 Å². The lowest BCUT2D eigenvalue weighted by Gasteiger charge is -2.13. The van der Waals surface area contributed by atoms with Crippen LogP contribution in [-0.2, 0) is 6.42 Å². The second-order valence-electron chi connectivity index (χ2n) is 5.07. The van der Waals surface area contributed by atoms with E-state index in [0.717, 1.165) is 42.2 Å². The third-order valence-corrected chi connectivity index (χ3v) is 3.48. The van der Waals surface area contributed by atoms with E-state index < -0.39 is 0 Å². The summed E-state index contributed by atoms with van der Waals surface area (Å²) in [7, 11) is 0. The molecule has 2 aromatic rings. The lowest BCUT2D eigenvalue weighted by Crippen LogP contribution is -2.14. The molecule has 0 fully saturated rings. The third kappa shape index (κ3) is 4.18. The first kappa shape index (κ1) is 15.3. The van der Waals surface area contributed by atoms with Crippen molar-refractivity contribution in [3.8, 4) is 5.75 Å². The minimum absolute atomic E-state index is 0.614. The van der Waals surface area contributed by atoms with E-state index >= 15 is 0 Å². The number of ether oxygens (including phenoxy) is 1. The van der Waals surface area contributed by atoms with Crippen molar-refractivity contribution in [1.29, 1.82) is 0 Å². The molecule has 0 atom stereocenters. The Kier molecular flexibility index (Phi) is 5.55. The van der Waals surface area contributed by atoms with Crippen molar-refractivity contribution in [2.24, 2.45) is 0 Å². The van der Waals surface area contributed by atoms with Crippen molar-refractivity contribution >= 4 is 5.82 Å². The number of benzene rings is 1. The molecule has 0 spiro atoms. The SMILES string of the molecule is CCCc1ccccc1OCCNc1ncnc(C)c1C. The van der Waals surface area contributed by atoms with Crippen molar-refractivity contribution in [2.45, 2.75) is 33.6 Å². The Morgan fingerprint density at radius 3 is 2.76 bits per heavy atom. The van der Waals surface area contributed by atoms with Crippen LogP contribution in [0.3, 0.4) is 0 Å². The molecule has 0 bridgehead atoms. The number of anilines is 1. The zero-order valence-electron chi connectivity index (χ0n) is 13.0. The van der Waals surface area contributed by atoms with Crippen LogP contribution in [0.2, 0.25) is 0 Å². The van der Waals surface area contributed by atoms with Gasteiger partial charge in [-0.2, -0.15) is 0 Å². The van der Waals surface area contributed by atoms with Crippen molar-refractivity contribution in [3.05, 3.63) is 47.4 Å². The van der Waals surface area contributed by atoms with E-state index in [-0.39, 0.29) is 0 Å². The molecule has 1 aromatic heterocycles. The van der Waals surface area contributed by atoms with Crippen molar-refractivity contribution < 1.29 is 4.74 Å². The summed E-state index contributed by atoms with van der Waals surface area (Å²) < 4.78 is 5.88.